The van der Waals surface area contributed by atoms with Gasteiger partial charge in [-0.15, -0.1) is 11.3 Å². The van der Waals surface area contributed by atoms with Crippen molar-refractivity contribution in [3.8, 4) is 0 Å². The average Bonchev–Trinajstić information content (AvgIpc) is 2.74. The highest BCUT2D eigenvalue weighted by molar-refractivity contribution is 7.11. The van der Waals surface area contributed by atoms with E-state index in [0.29, 0.717) is 31.3 Å². The van der Waals surface area contributed by atoms with Crippen LogP contribution in [0.1, 0.15) is 28.9 Å². The van der Waals surface area contributed by atoms with Gasteiger partial charge in [0.05, 0.1) is 10.7 Å². The molecule has 0 aliphatic carbocycles. The highest BCUT2D eigenvalue weighted by Crippen LogP contribution is 2.17. The van der Waals surface area contributed by atoms with Crippen LogP contribution in [-0.2, 0) is 20.7 Å². The fraction of sp³-hybridized carbons (Fsp3) is 0.571. The van der Waals surface area contributed by atoms with Gasteiger partial charge in [0.15, 0.2) is 0 Å². The van der Waals surface area contributed by atoms with E-state index in [4.69, 9.17) is 9.47 Å². The van der Waals surface area contributed by atoms with Gasteiger partial charge in [-0.3, -0.25) is 4.79 Å². The standard InChI is InChI=1S/C14H20N2O3S/c1-9-11(3)20-12(16-9)5-4-6-15-14(17)13-10(2)18-7-8-19-13/h4-8H2,1-3H3,(H,15,17). The summed E-state index contributed by atoms with van der Waals surface area (Å²) in [6, 6.07) is 0. The summed E-state index contributed by atoms with van der Waals surface area (Å²) in [4.78, 5) is 17.6. The first kappa shape index (κ1) is 14.8. The quantitative estimate of drug-likeness (QED) is 0.845. The van der Waals surface area contributed by atoms with Crippen LogP contribution in [0.25, 0.3) is 0 Å². The van der Waals surface area contributed by atoms with Crippen molar-refractivity contribution in [3.63, 3.8) is 0 Å². The molecule has 2 heterocycles. The van der Waals surface area contributed by atoms with E-state index in [1.165, 1.54) is 4.88 Å². The number of carbonyl (C=O) groups excluding carboxylic acids is 1. The van der Waals surface area contributed by atoms with Gasteiger partial charge in [0.2, 0.25) is 5.76 Å². The number of amides is 1. The Bertz CT molecular complexity index is 503. The van der Waals surface area contributed by atoms with Crippen LogP contribution in [0, 0.1) is 13.8 Å². The molecule has 2 rings (SSSR count). The number of nitrogens with one attached hydrogen (secondary N) is 1. The number of ether oxygens (including phenoxy) is 2. The predicted octanol–water partition coefficient (Wildman–Crippen LogP) is 2.09. The fourth-order valence-electron chi connectivity index (χ4n) is 1.90. The molecule has 0 radical (unpaired) electrons. The zero-order valence-corrected chi connectivity index (χ0v) is 12.9. The molecule has 0 saturated carbocycles. The van der Waals surface area contributed by atoms with Crippen LogP contribution in [0.15, 0.2) is 11.5 Å². The Kier molecular flexibility index (Phi) is 5.00. The largest absolute Gasteiger partial charge is 0.491 e. The molecule has 5 nitrogen and oxygen atoms in total. The minimum Gasteiger partial charge on any atom is -0.491 e. The SMILES string of the molecule is CC1=C(C(=O)NCCCc2nc(C)c(C)s2)OCCO1. The lowest BCUT2D eigenvalue weighted by Gasteiger charge is -2.19. The van der Waals surface area contributed by atoms with E-state index in [1.54, 1.807) is 18.3 Å². The molecule has 0 fully saturated rings. The lowest BCUT2D eigenvalue weighted by molar-refractivity contribution is -0.122. The van der Waals surface area contributed by atoms with Crippen molar-refractivity contribution in [1.82, 2.24) is 10.3 Å². The van der Waals surface area contributed by atoms with Gasteiger partial charge < -0.3 is 14.8 Å². The summed E-state index contributed by atoms with van der Waals surface area (Å²) in [7, 11) is 0. The van der Waals surface area contributed by atoms with Crippen molar-refractivity contribution in [2.45, 2.75) is 33.6 Å². The molecule has 0 bridgehead atoms. The van der Waals surface area contributed by atoms with Crippen LogP contribution in [0.4, 0.5) is 0 Å². The molecule has 1 amide bonds. The lowest BCUT2D eigenvalue weighted by atomic mass is 10.3. The summed E-state index contributed by atoms with van der Waals surface area (Å²) in [6.45, 7) is 7.38. The molecule has 20 heavy (non-hydrogen) atoms. The summed E-state index contributed by atoms with van der Waals surface area (Å²) in [6.07, 6.45) is 1.75. The molecule has 110 valence electrons. The van der Waals surface area contributed by atoms with Gasteiger partial charge in [-0.25, -0.2) is 4.98 Å². The maximum atomic E-state index is 11.9. The van der Waals surface area contributed by atoms with Crippen LogP contribution in [0.5, 0.6) is 0 Å². The Labute approximate surface area is 123 Å². The van der Waals surface area contributed by atoms with Gasteiger partial charge in [-0.05, 0) is 27.2 Å². The number of allylic oxidation sites excluding steroid dienone is 1. The third kappa shape index (κ3) is 3.72. The summed E-state index contributed by atoms with van der Waals surface area (Å²) < 4.78 is 10.6. The van der Waals surface area contributed by atoms with E-state index >= 15 is 0 Å². The number of aryl methyl sites for hydroxylation is 3. The number of thiazole rings is 1. The number of hydrogen-bond acceptors (Lipinski definition) is 5. The first-order valence-electron chi connectivity index (χ1n) is 6.75. The number of rotatable bonds is 5. The van der Waals surface area contributed by atoms with Gasteiger partial charge in [-0.1, -0.05) is 0 Å². The van der Waals surface area contributed by atoms with Crippen LogP contribution in [-0.4, -0.2) is 30.6 Å². The molecule has 0 atom stereocenters. The third-order valence-electron chi connectivity index (χ3n) is 3.10. The van der Waals surface area contributed by atoms with E-state index in [2.05, 4.69) is 17.2 Å². The number of aromatic nitrogens is 1. The molecule has 0 saturated heterocycles. The predicted molar refractivity (Wildman–Crippen MR) is 77.5 cm³/mol. The normalized spacial score (nSPS) is 14.8. The second-order valence-corrected chi connectivity index (χ2v) is 5.98. The van der Waals surface area contributed by atoms with Gasteiger partial charge in [-0.2, -0.15) is 0 Å². The van der Waals surface area contributed by atoms with Crippen LogP contribution in [0.2, 0.25) is 0 Å². The van der Waals surface area contributed by atoms with Crippen molar-refractivity contribution in [3.05, 3.63) is 27.1 Å². The molecule has 6 heteroatoms. The number of hydrogen-bond donors (Lipinski definition) is 1. The topological polar surface area (TPSA) is 60.5 Å². The zero-order chi connectivity index (χ0) is 14.5. The Morgan fingerprint density at radius 3 is 2.70 bits per heavy atom. The molecule has 0 aromatic carbocycles. The molecule has 1 aliphatic rings. The molecule has 1 aliphatic heterocycles. The van der Waals surface area contributed by atoms with Gasteiger partial charge in [0.1, 0.15) is 19.0 Å². The van der Waals surface area contributed by atoms with Gasteiger partial charge in [0, 0.05) is 17.8 Å². The van der Waals surface area contributed by atoms with Crippen molar-refractivity contribution in [2.75, 3.05) is 19.8 Å². The zero-order valence-electron chi connectivity index (χ0n) is 12.1. The number of nitrogens with zero attached hydrogens (tertiary/aromatic N) is 1. The van der Waals surface area contributed by atoms with Gasteiger partial charge >= 0.3 is 0 Å². The molecule has 1 aromatic rings. The highest BCUT2D eigenvalue weighted by Gasteiger charge is 2.19. The molecular weight excluding hydrogens is 276 g/mol. The lowest BCUT2D eigenvalue weighted by Crippen LogP contribution is -2.30. The van der Waals surface area contributed by atoms with E-state index in [1.807, 2.05) is 6.92 Å². The summed E-state index contributed by atoms with van der Waals surface area (Å²) in [5.41, 5.74) is 1.10. The Morgan fingerprint density at radius 2 is 2.05 bits per heavy atom. The smallest absolute Gasteiger partial charge is 0.289 e. The molecule has 1 N–H and O–H groups in total. The average molecular weight is 296 g/mol. The van der Waals surface area contributed by atoms with E-state index in [0.717, 1.165) is 23.5 Å². The second-order valence-electron chi connectivity index (χ2n) is 4.69. The first-order valence-corrected chi connectivity index (χ1v) is 7.57. The van der Waals surface area contributed by atoms with E-state index in [9.17, 15) is 4.79 Å². The van der Waals surface area contributed by atoms with Crippen LogP contribution >= 0.6 is 11.3 Å². The first-order chi connectivity index (χ1) is 9.58. The van der Waals surface area contributed by atoms with E-state index in [-0.39, 0.29) is 5.91 Å². The Balaban J connectivity index is 1.74. The summed E-state index contributed by atoms with van der Waals surface area (Å²) in [5.74, 6) is 0.658. The van der Waals surface area contributed by atoms with Crippen LogP contribution in [0.3, 0.4) is 0 Å². The van der Waals surface area contributed by atoms with Gasteiger partial charge in [0.25, 0.3) is 5.91 Å². The second kappa shape index (κ2) is 6.74. The molecule has 0 unspecified atom stereocenters. The van der Waals surface area contributed by atoms with Crippen molar-refractivity contribution >= 4 is 17.2 Å². The maximum Gasteiger partial charge on any atom is 0.289 e. The van der Waals surface area contributed by atoms with Crippen molar-refractivity contribution in [2.24, 2.45) is 0 Å². The van der Waals surface area contributed by atoms with Crippen molar-refractivity contribution < 1.29 is 14.3 Å². The fourth-order valence-corrected chi connectivity index (χ4v) is 2.87. The van der Waals surface area contributed by atoms with Crippen molar-refractivity contribution in [1.29, 1.82) is 0 Å². The Hall–Kier alpha value is -1.56. The molecule has 1 aromatic heterocycles. The van der Waals surface area contributed by atoms with E-state index < -0.39 is 0 Å². The van der Waals surface area contributed by atoms with Crippen LogP contribution < -0.4 is 5.32 Å². The Morgan fingerprint density at radius 1 is 1.30 bits per heavy atom. The summed E-state index contributed by atoms with van der Waals surface area (Å²) in [5, 5.41) is 3.98. The minimum absolute atomic E-state index is 0.200. The highest BCUT2D eigenvalue weighted by atomic mass is 32.1. The summed E-state index contributed by atoms with van der Waals surface area (Å²) >= 11 is 1.72. The molecular formula is C14H20N2O3S. The maximum absolute atomic E-state index is 11.9. The minimum atomic E-state index is -0.200. The third-order valence-corrected chi connectivity index (χ3v) is 4.23. The monoisotopic (exact) mass is 296 g/mol. The molecule has 0 spiro atoms. The number of carbonyl (C=O) groups is 1.